The van der Waals surface area contributed by atoms with Gasteiger partial charge >= 0.3 is 5.97 Å². The number of unbranched alkanes of at least 4 members (excludes halogenated alkanes) is 1. The Balaban J connectivity index is 1.25. The number of para-hydroxylation sites is 1. The molecule has 26 N–H and O–H groups in total. The van der Waals surface area contributed by atoms with Gasteiger partial charge in [-0.05, 0) is 117 Å². The highest BCUT2D eigenvalue weighted by atomic mass is 32.2. The molecular weight excluding hydrogens is 1560 g/mol. The summed E-state index contributed by atoms with van der Waals surface area (Å²) in [6.07, 6.45) is 4.64. The van der Waals surface area contributed by atoms with E-state index in [1.807, 2.05) is 0 Å². The predicted molar refractivity (Wildman–Crippen MR) is 431 cm³/mol. The van der Waals surface area contributed by atoms with E-state index in [1.165, 1.54) is 53.5 Å². The number of carbonyl (C=O) groups excluding carboxylic acids is 14. The van der Waals surface area contributed by atoms with Gasteiger partial charge in [0.15, 0.2) is 5.96 Å². The molecule has 118 heavy (non-hydrogen) atoms. The first-order valence-electron chi connectivity index (χ1n) is 38.5. The average Bonchev–Trinajstić information content (AvgIpc) is 1.64. The minimum Gasteiger partial charge on any atom is -0.508 e. The zero-order chi connectivity index (χ0) is 86.5. The Hall–Kier alpha value is -12.2. The molecule has 0 spiro atoms. The van der Waals surface area contributed by atoms with Crippen LogP contribution in [0.1, 0.15) is 107 Å². The molecule has 2 aromatic heterocycles. The second-order valence-corrected chi connectivity index (χ2v) is 29.6. The predicted octanol–water partition coefficient (Wildman–Crippen LogP) is -4.54. The molecule has 3 heterocycles. The second-order valence-electron chi connectivity index (χ2n) is 28.7. The van der Waals surface area contributed by atoms with Crippen LogP contribution >= 0.6 is 11.8 Å². The standard InChI is InChI=1S/C77H109N21O19S/c1-42(2)64(65(79)106)97-75(116)61-20-13-30-98(61)76(117)54(18-10-11-28-78)88-62(103)38-85-66(107)57(34-46-36-84-50-17-9-8-16-49(46)50)94-67(108)51(19-12-29-83-77(80)81)89-70(111)55(32-44-14-6-5-7-15-44)92-72(113)58(35-47-37-82-41-86-47)95-68(109)52(25-26-63(104)105)90-69(110)53(27-31-118-4)91-74(115)60(40-100)96-71(112)56(33-45-21-23-48(102)24-22-45)93-73(114)59(39-99)87-43(3)101/h5-9,14-17,21-24,36-37,41-42,51-61,64,84,99-100,102H,10-13,18-20,25-35,38-40,78H2,1-4H3,(H2,79,106)(H,82,86)(H,85,107)(H,87,101)(H,88,103)(H,89,111)(H,90,110)(H,91,115)(H,92,113)(H,93,114)(H,94,108)(H,95,109)(H,96,112)(H,97,116)(H,104,105)(H4,80,81,83)/t51-,52-,53-,54-,55+,56-,57-,58+,59-,60-,61-,64-/m0/s1. The van der Waals surface area contributed by atoms with Gasteiger partial charge in [-0.3, -0.25) is 77.3 Å². The number of hydrogen-bond donors (Lipinski definition) is 23. The SMILES string of the molecule is CSCC[C@H](NC(=O)[C@H](CO)NC(=O)[C@H](Cc1ccc(O)cc1)NC(=O)[C@H](CO)NC(C)=O)C(=O)N[C@@H](CCC(=O)O)C(=O)N[C@H](Cc1cnc[nH]1)C(=O)N[C@H](Cc1ccccc1)C(=O)N[C@@H](CCCNC(=N)N)C(=O)N[C@@H](Cc1c[nH]c2ccccc12)C(=O)NCC(=O)N[C@@H](CCCCN)C(=O)N1CCC[C@H]1C(=O)N[C@H](C(N)=O)C(C)C. The minimum atomic E-state index is -1.84. The molecule has 642 valence electrons. The van der Waals surface area contributed by atoms with Crippen molar-refractivity contribution in [2.75, 3.05) is 51.4 Å². The average molecular weight is 1660 g/mol. The summed E-state index contributed by atoms with van der Waals surface area (Å²) in [5.74, 6) is -14.9. The van der Waals surface area contributed by atoms with Gasteiger partial charge in [-0.25, -0.2) is 4.98 Å². The third kappa shape index (κ3) is 30.8. The first-order chi connectivity index (χ1) is 56.3. The van der Waals surface area contributed by atoms with Crippen LogP contribution in [0.25, 0.3) is 10.9 Å². The number of amides is 14. The van der Waals surface area contributed by atoms with Crippen molar-refractivity contribution < 1.29 is 92.3 Å². The zero-order valence-corrected chi connectivity index (χ0v) is 66.9. The number of nitrogens with zero attached hydrogens (tertiary/aromatic N) is 2. The van der Waals surface area contributed by atoms with Crippen molar-refractivity contribution in [2.24, 2.45) is 23.1 Å². The van der Waals surface area contributed by atoms with E-state index in [0.717, 1.165) is 6.92 Å². The Morgan fingerprint density at radius 3 is 1.64 bits per heavy atom. The summed E-state index contributed by atoms with van der Waals surface area (Å²) in [5, 5.41) is 81.9. The Morgan fingerprint density at radius 1 is 0.576 bits per heavy atom. The first kappa shape index (κ1) is 94.6. The summed E-state index contributed by atoms with van der Waals surface area (Å²) >= 11 is 1.23. The number of benzene rings is 3. The molecule has 6 rings (SSSR count). The third-order valence-electron chi connectivity index (χ3n) is 19.2. The monoisotopic (exact) mass is 1660 g/mol. The van der Waals surface area contributed by atoms with Gasteiger partial charge in [0.05, 0.1) is 26.1 Å². The summed E-state index contributed by atoms with van der Waals surface area (Å²) < 4.78 is 0. The third-order valence-corrected chi connectivity index (χ3v) is 19.9. The van der Waals surface area contributed by atoms with Crippen molar-refractivity contribution in [1.82, 2.24) is 89.0 Å². The lowest BCUT2D eigenvalue weighted by atomic mass is 10.0. The molecule has 0 bridgehead atoms. The molecule has 12 atom stereocenters. The fraction of sp³-hybridized carbons (Fsp3) is 0.494. The number of nitrogens with one attached hydrogen (secondary N) is 16. The number of H-pyrrole nitrogens is 2. The van der Waals surface area contributed by atoms with Crippen LogP contribution in [0.15, 0.2) is 97.6 Å². The van der Waals surface area contributed by atoms with Gasteiger partial charge in [0.1, 0.15) is 78.3 Å². The van der Waals surface area contributed by atoms with Crippen molar-refractivity contribution in [2.45, 2.75) is 183 Å². The molecule has 0 aliphatic carbocycles. The maximum Gasteiger partial charge on any atom is 0.303 e. The summed E-state index contributed by atoms with van der Waals surface area (Å²) in [7, 11) is 0. The van der Waals surface area contributed by atoms with E-state index in [0.29, 0.717) is 46.9 Å². The molecule has 0 radical (unpaired) electrons. The van der Waals surface area contributed by atoms with Gasteiger partial charge in [-0.2, -0.15) is 11.8 Å². The van der Waals surface area contributed by atoms with Gasteiger partial charge in [0.2, 0.25) is 82.7 Å². The number of nitrogens with two attached hydrogens (primary N) is 3. The number of aliphatic hydroxyl groups is 2. The summed E-state index contributed by atoms with van der Waals surface area (Å²) in [4.78, 5) is 220. The molecule has 0 unspecified atom stereocenters. The number of hydrogen-bond acceptors (Lipinski definition) is 22. The van der Waals surface area contributed by atoms with Gasteiger partial charge < -0.3 is 122 Å². The Labute approximate surface area is 684 Å². The summed E-state index contributed by atoms with van der Waals surface area (Å²) in [6, 6.07) is 2.94. The lowest BCUT2D eigenvalue weighted by Gasteiger charge is -2.30. The summed E-state index contributed by atoms with van der Waals surface area (Å²) in [5.41, 5.74) is 19.3. The van der Waals surface area contributed by atoms with E-state index in [2.05, 4.69) is 84.1 Å². The number of fused-ring (bicyclic) bond motifs is 1. The highest BCUT2D eigenvalue weighted by molar-refractivity contribution is 7.98. The number of rotatable bonds is 50. The Bertz CT molecular complexity index is 4250. The lowest BCUT2D eigenvalue weighted by Crippen LogP contribution is -2.61. The Morgan fingerprint density at radius 2 is 1.09 bits per heavy atom. The van der Waals surface area contributed by atoms with Crippen molar-refractivity contribution >= 4 is 117 Å². The van der Waals surface area contributed by atoms with Crippen molar-refractivity contribution in [3.8, 4) is 5.75 Å². The van der Waals surface area contributed by atoms with Gasteiger partial charge in [0.25, 0.3) is 0 Å². The van der Waals surface area contributed by atoms with E-state index in [9.17, 15) is 78.0 Å². The highest BCUT2D eigenvalue weighted by Crippen LogP contribution is 2.23. The zero-order valence-electron chi connectivity index (χ0n) is 66.0. The van der Waals surface area contributed by atoms with Crippen LogP contribution in [0.4, 0.5) is 0 Å². The maximum absolute atomic E-state index is 15.2. The second kappa shape index (κ2) is 48.3. The quantitative estimate of drug-likeness (QED) is 0.00991. The number of aromatic amines is 2. The lowest BCUT2D eigenvalue weighted by molar-refractivity contribution is -0.142. The number of carboxylic acids is 1. The van der Waals surface area contributed by atoms with E-state index >= 15 is 14.4 Å². The molecule has 1 aliphatic heterocycles. The van der Waals surface area contributed by atoms with Crippen LogP contribution in [0.5, 0.6) is 5.75 Å². The molecule has 14 amide bonds. The number of likely N-dealkylation sites (tertiary alicyclic amines) is 1. The largest absolute Gasteiger partial charge is 0.508 e. The number of guanidine groups is 1. The van der Waals surface area contributed by atoms with E-state index in [-0.39, 0.29) is 94.1 Å². The topological polar surface area (TPSA) is 643 Å². The normalized spacial score (nSPS) is 15.2. The Kier molecular flexibility index (Phi) is 38.8. The molecule has 41 heteroatoms. The molecule has 1 fully saturated rings. The van der Waals surface area contributed by atoms with Gasteiger partial charge in [0, 0.05) is 81.1 Å². The van der Waals surface area contributed by atoms with E-state index < -0.39 is 206 Å². The molecule has 1 aliphatic rings. The number of phenolic OH excluding ortho intramolecular Hbond substituents is 1. The number of aliphatic hydroxyl groups excluding tert-OH is 2. The molecule has 3 aromatic carbocycles. The van der Waals surface area contributed by atoms with Gasteiger partial charge in [-0.15, -0.1) is 0 Å². The fourth-order valence-electron chi connectivity index (χ4n) is 12.9. The van der Waals surface area contributed by atoms with Crippen LogP contribution < -0.4 is 86.3 Å². The molecule has 0 saturated carbocycles. The van der Waals surface area contributed by atoms with Crippen LogP contribution in [-0.2, 0) is 97.6 Å². The van der Waals surface area contributed by atoms with Crippen molar-refractivity contribution in [1.29, 1.82) is 5.41 Å². The van der Waals surface area contributed by atoms with Crippen LogP contribution in [0.3, 0.4) is 0 Å². The van der Waals surface area contributed by atoms with Gasteiger partial charge in [-0.1, -0.05) is 74.5 Å². The number of carboxylic acid groups (broad SMARTS) is 1. The number of thioether (sulfide) groups is 1. The van der Waals surface area contributed by atoms with E-state index in [4.69, 9.17) is 22.6 Å². The van der Waals surface area contributed by atoms with Crippen molar-refractivity contribution in [3.63, 3.8) is 0 Å². The van der Waals surface area contributed by atoms with Crippen LogP contribution in [-0.4, -0.2) is 259 Å². The number of aliphatic carboxylic acids is 1. The smallest absolute Gasteiger partial charge is 0.303 e. The fourth-order valence-corrected chi connectivity index (χ4v) is 13.4. The van der Waals surface area contributed by atoms with Crippen LogP contribution in [0.2, 0.25) is 0 Å². The maximum atomic E-state index is 15.2. The summed E-state index contributed by atoms with van der Waals surface area (Å²) in [6.45, 7) is 2.20. The highest BCUT2D eigenvalue weighted by Gasteiger charge is 2.41. The number of aromatic hydroxyl groups is 1. The molecular formula is C77H109N21O19S. The van der Waals surface area contributed by atoms with Crippen LogP contribution in [0, 0.1) is 11.3 Å². The first-order valence-corrected chi connectivity index (χ1v) is 39.9. The number of phenols is 1. The molecule has 5 aromatic rings. The van der Waals surface area contributed by atoms with Crippen molar-refractivity contribution in [3.05, 3.63) is 120 Å². The minimum absolute atomic E-state index is 0.00491. The van der Waals surface area contributed by atoms with E-state index in [1.54, 1.807) is 80.9 Å². The number of imidazole rings is 1. The molecule has 40 nitrogen and oxygen atoms in total. The number of aromatic nitrogens is 3. The number of primary amides is 1. The molecule has 1 saturated heterocycles. The number of carbonyl (C=O) groups is 15.